The Morgan fingerprint density at radius 1 is 1.30 bits per heavy atom. The van der Waals surface area contributed by atoms with Crippen LogP contribution in [-0.2, 0) is 19.2 Å². The fourth-order valence-corrected chi connectivity index (χ4v) is 6.38. The van der Waals surface area contributed by atoms with Crippen molar-refractivity contribution in [2.75, 3.05) is 24.6 Å². The average Bonchev–Trinajstić information content (AvgIpc) is 3.45. The van der Waals surface area contributed by atoms with Gasteiger partial charge in [0.1, 0.15) is 17.1 Å². The van der Waals surface area contributed by atoms with Crippen molar-refractivity contribution in [1.82, 2.24) is 30.2 Å². The van der Waals surface area contributed by atoms with Gasteiger partial charge in [-0.2, -0.15) is 9.36 Å². The minimum absolute atomic E-state index is 0.0645. The van der Waals surface area contributed by atoms with Crippen molar-refractivity contribution in [1.29, 1.82) is 0 Å². The number of aromatic nitrogens is 2. The van der Waals surface area contributed by atoms with Crippen LogP contribution in [0.4, 0.5) is 5.13 Å². The molecule has 1 aromatic rings. The van der Waals surface area contributed by atoms with Gasteiger partial charge in [-0.25, -0.2) is 4.79 Å². The fourth-order valence-electron chi connectivity index (χ4n) is 4.56. The minimum Gasteiger partial charge on any atom is -0.477 e. The Morgan fingerprint density at radius 3 is 2.68 bits per heavy atom. The maximum absolute atomic E-state index is 13.1. The average molecular weight is 549 g/mol. The smallest absolute Gasteiger partial charge is 0.352 e. The number of carbonyl (C=O) groups excluding carboxylic acids is 3. The van der Waals surface area contributed by atoms with Crippen molar-refractivity contribution in [3.63, 3.8) is 0 Å². The van der Waals surface area contributed by atoms with Gasteiger partial charge in [-0.1, -0.05) is 5.16 Å². The number of hydrogen-bond donors (Lipinski definition) is 6. The van der Waals surface area contributed by atoms with Crippen LogP contribution in [0.3, 0.4) is 0 Å². The molecule has 0 aromatic carbocycles. The second-order valence-corrected chi connectivity index (χ2v) is 10.7. The minimum atomic E-state index is -1.29. The lowest BCUT2D eigenvalue weighted by molar-refractivity contribution is -0.150. The highest BCUT2D eigenvalue weighted by molar-refractivity contribution is 8.00. The maximum Gasteiger partial charge on any atom is 0.352 e. The molecular weight excluding hydrogens is 524 g/mol. The molecule has 4 heterocycles. The number of nitrogen functional groups attached to an aromatic ring is 1. The van der Waals surface area contributed by atoms with Crippen LogP contribution in [0.15, 0.2) is 27.6 Å². The summed E-state index contributed by atoms with van der Waals surface area (Å²) in [5.74, 6) is -2.99. The predicted molar refractivity (Wildman–Crippen MR) is 133 cm³/mol. The Labute approximate surface area is 218 Å². The number of fused-ring (bicyclic) bond motifs is 1. The van der Waals surface area contributed by atoms with E-state index in [9.17, 15) is 29.5 Å². The molecule has 0 unspecified atom stereocenters. The van der Waals surface area contributed by atoms with Crippen LogP contribution in [-0.4, -0.2) is 90.3 Å². The molecule has 0 radical (unpaired) electrons. The fraction of sp³-hybridized carbons (Fsp3) is 0.476. The van der Waals surface area contributed by atoms with Crippen molar-refractivity contribution in [3.8, 4) is 0 Å². The third kappa shape index (κ3) is 4.78. The van der Waals surface area contributed by atoms with Crippen LogP contribution in [0.2, 0.25) is 0 Å². The second kappa shape index (κ2) is 10.1. The molecule has 1 aromatic heterocycles. The normalized spacial score (nSPS) is 25.0. The first-order valence-corrected chi connectivity index (χ1v) is 13.4. The van der Waals surface area contributed by atoms with E-state index in [4.69, 9.17) is 5.73 Å². The summed E-state index contributed by atoms with van der Waals surface area (Å²) in [6, 6.07) is -0.602. The number of nitrogens with two attached hydrogens (primary N) is 1. The van der Waals surface area contributed by atoms with E-state index in [2.05, 4.69) is 30.5 Å². The summed E-state index contributed by atoms with van der Waals surface area (Å²) in [5.41, 5.74) is 6.45. The Bertz CT molecular complexity index is 1270. The molecule has 1 saturated carbocycles. The number of anilines is 1. The van der Waals surface area contributed by atoms with Crippen molar-refractivity contribution < 1.29 is 29.5 Å². The van der Waals surface area contributed by atoms with E-state index in [-0.39, 0.29) is 28.3 Å². The number of oxime groups is 1. The number of rotatable bonds is 9. The van der Waals surface area contributed by atoms with Gasteiger partial charge in [0.25, 0.3) is 11.8 Å². The van der Waals surface area contributed by atoms with Gasteiger partial charge in [0.2, 0.25) is 17.4 Å². The zero-order chi connectivity index (χ0) is 26.3. The lowest BCUT2D eigenvalue weighted by Crippen LogP contribution is -2.71. The van der Waals surface area contributed by atoms with Crippen molar-refractivity contribution in [2.24, 2.45) is 5.16 Å². The standard InChI is InChI=1S/C21H24N8O6S2/c22-21-26-15(28-37-21)12(27-35)17(31)25-13-18(32)29-14(20(33)34)11(7-36-19(13)29)9(3-5-23-8-1-2-8)10-4-6-24-16(10)30/h8,13,19,23,35H,1-7H2,(H,24,30)(H,25,31)(H,33,34)(H2,22,26,28)/t13-,19-/m1/s1. The van der Waals surface area contributed by atoms with Crippen LogP contribution >= 0.6 is 23.3 Å². The highest BCUT2D eigenvalue weighted by atomic mass is 32.2. The molecule has 14 nitrogen and oxygen atoms in total. The Morgan fingerprint density at radius 2 is 2.08 bits per heavy atom. The highest BCUT2D eigenvalue weighted by Gasteiger charge is 2.55. The van der Waals surface area contributed by atoms with Gasteiger partial charge in [-0.05, 0) is 43.4 Å². The van der Waals surface area contributed by atoms with Gasteiger partial charge in [-0.3, -0.25) is 19.3 Å². The second-order valence-electron chi connectivity index (χ2n) is 8.84. The largest absolute Gasteiger partial charge is 0.477 e. The summed E-state index contributed by atoms with van der Waals surface area (Å²) in [7, 11) is 0. The number of thioether (sulfide) groups is 1. The zero-order valence-electron chi connectivity index (χ0n) is 19.4. The number of hydrogen-bond acceptors (Lipinski definition) is 12. The van der Waals surface area contributed by atoms with Crippen LogP contribution in [0, 0.1) is 0 Å². The molecule has 37 heavy (non-hydrogen) atoms. The predicted octanol–water partition coefficient (Wildman–Crippen LogP) is -1.00. The van der Waals surface area contributed by atoms with Gasteiger partial charge in [-0.15, -0.1) is 11.8 Å². The number of carbonyl (C=O) groups is 4. The highest BCUT2D eigenvalue weighted by Crippen LogP contribution is 2.43. The van der Waals surface area contributed by atoms with Gasteiger partial charge in [0.05, 0.1) is 0 Å². The van der Waals surface area contributed by atoms with E-state index in [1.165, 1.54) is 11.8 Å². The maximum atomic E-state index is 13.1. The number of aliphatic carboxylic acids is 1. The molecule has 0 spiro atoms. The summed E-state index contributed by atoms with van der Waals surface area (Å²) in [6.07, 6.45) is 3.13. The molecule has 3 amide bonds. The molecule has 196 valence electrons. The molecule has 2 atom stereocenters. The first-order chi connectivity index (χ1) is 17.8. The SMILES string of the molecule is Nc1nc(C(=NO)C(=O)N[C@@H]2C(=O)N3C(C(=O)O)=C(C(CCNC4CC4)=C4CCNC4=O)CS[C@H]23)ns1. The monoisotopic (exact) mass is 548 g/mol. The van der Waals surface area contributed by atoms with E-state index in [1.54, 1.807) is 0 Å². The van der Waals surface area contributed by atoms with Crippen molar-refractivity contribution in [2.45, 2.75) is 43.1 Å². The summed E-state index contributed by atoms with van der Waals surface area (Å²) in [5, 5.41) is 30.4. The lowest BCUT2D eigenvalue weighted by atomic mass is 9.92. The van der Waals surface area contributed by atoms with E-state index in [0.717, 1.165) is 29.3 Å². The van der Waals surface area contributed by atoms with E-state index in [1.807, 2.05) is 0 Å². The zero-order valence-corrected chi connectivity index (χ0v) is 21.0. The molecule has 2 saturated heterocycles. The summed E-state index contributed by atoms with van der Waals surface area (Å²) in [4.78, 5) is 55.7. The lowest BCUT2D eigenvalue weighted by Gasteiger charge is -2.49. The van der Waals surface area contributed by atoms with Gasteiger partial charge < -0.3 is 32.0 Å². The number of nitrogens with one attached hydrogen (secondary N) is 3. The van der Waals surface area contributed by atoms with Crippen LogP contribution in [0.1, 0.15) is 31.5 Å². The molecule has 5 rings (SSSR count). The van der Waals surface area contributed by atoms with E-state index >= 15 is 0 Å². The van der Waals surface area contributed by atoms with Crippen molar-refractivity contribution >= 4 is 57.8 Å². The number of β-lactam (4-membered cyclic amide) rings is 1. The quantitative estimate of drug-likeness (QED) is 0.0723. The Hall–Kier alpha value is -3.50. The number of carboxylic acids is 1. The number of carboxylic acid groups (broad SMARTS) is 1. The van der Waals surface area contributed by atoms with Crippen LogP contribution in [0.5, 0.6) is 0 Å². The molecule has 1 aliphatic carbocycles. The summed E-state index contributed by atoms with van der Waals surface area (Å²) >= 11 is 2.09. The summed E-state index contributed by atoms with van der Waals surface area (Å²) < 4.78 is 3.83. The number of nitrogens with zero attached hydrogens (tertiary/aromatic N) is 4. The van der Waals surface area contributed by atoms with Gasteiger partial charge >= 0.3 is 5.97 Å². The summed E-state index contributed by atoms with van der Waals surface area (Å²) in [6.45, 7) is 1.07. The molecule has 7 N–H and O–H groups in total. The Balaban J connectivity index is 1.39. The third-order valence-electron chi connectivity index (χ3n) is 6.47. The molecule has 3 aliphatic heterocycles. The molecule has 0 bridgehead atoms. The third-order valence-corrected chi connectivity index (χ3v) is 8.30. The van der Waals surface area contributed by atoms with Gasteiger partial charge in [0, 0.05) is 35.4 Å². The van der Waals surface area contributed by atoms with E-state index < -0.39 is 34.9 Å². The number of amides is 3. The van der Waals surface area contributed by atoms with Gasteiger partial charge in [0.15, 0.2) is 5.13 Å². The van der Waals surface area contributed by atoms with E-state index in [0.29, 0.717) is 48.7 Å². The first kappa shape index (κ1) is 25.2. The van der Waals surface area contributed by atoms with Crippen LogP contribution in [0.25, 0.3) is 0 Å². The van der Waals surface area contributed by atoms with Crippen molar-refractivity contribution in [3.05, 3.63) is 28.2 Å². The van der Waals surface area contributed by atoms with Crippen LogP contribution < -0.4 is 21.7 Å². The topological polar surface area (TPSA) is 212 Å². The molecular formula is C21H24N8O6S2. The Kier molecular flexibility index (Phi) is 6.87. The molecule has 4 aliphatic rings. The molecule has 3 fully saturated rings. The molecule has 16 heteroatoms. The first-order valence-electron chi connectivity index (χ1n) is 11.6.